The van der Waals surface area contributed by atoms with E-state index >= 15 is 0 Å². The van der Waals surface area contributed by atoms with Crippen molar-refractivity contribution in [1.29, 1.82) is 0 Å². The van der Waals surface area contributed by atoms with Crippen LogP contribution in [0, 0.1) is 17.8 Å². The Morgan fingerprint density at radius 1 is 1.16 bits per heavy atom. The first-order chi connectivity index (χ1) is 15.6. The normalized spacial score (nSPS) is 20.3. The third kappa shape index (κ3) is 8.51. The highest BCUT2D eigenvalue weighted by Gasteiger charge is 2.39. The third-order valence-electron chi connectivity index (χ3n) is 6.44. The molecule has 1 amide bonds. The van der Waals surface area contributed by atoms with Gasteiger partial charge in [0, 0.05) is 6.04 Å². The molecule has 178 valence electrons. The Bertz CT molecular complexity index is 701. The van der Waals surface area contributed by atoms with Crippen LogP contribution in [-0.4, -0.2) is 31.8 Å². The number of carbonyl (C=O) groups is 2. The number of hydrogen-bond donors (Lipinski definition) is 1. The number of hydrogen-bond acceptors (Lipinski definition) is 6. The van der Waals surface area contributed by atoms with Crippen LogP contribution >= 0.6 is 8.69 Å². The van der Waals surface area contributed by atoms with Gasteiger partial charge in [0.25, 0.3) is 0 Å². The molecule has 5 unspecified atom stereocenters. The predicted molar refractivity (Wildman–Crippen MR) is 124 cm³/mol. The van der Waals surface area contributed by atoms with Crippen LogP contribution in [0.1, 0.15) is 63.9 Å². The standard InChI is InChI=1S/C24H36NO6P/c1-3-22(25-24(27)30-17-18-11-5-4-6-12-18)20(14-9-10-16-31-32-28)19-13-7-8-15-21(19)23(26)29-2/h4-6,11-12,19-22,32H,3,7-10,13-17H2,1-2H3/p+1. The number of alkyl carbamates (subject to hydrolysis) is 1. The van der Waals surface area contributed by atoms with E-state index < -0.39 is 14.8 Å². The minimum absolute atomic E-state index is 0.101. The summed E-state index contributed by atoms with van der Waals surface area (Å²) in [4.78, 5) is 25.1. The minimum Gasteiger partial charge on any atom is -0.469 e. The van der Waals surface area contributed by atoms with Crippen LogP contribution in [0.3, 0.4) is 0 Å². The largest absolute Gasteiger partial charge is 0.494 e. The number of nitrogens with one attached hydrogen (secondary N) is 1. The molecular weight excluding hydrogens is 429 g/mol. The molecule has 32 heavy (non-hydrogen) atoms. The van der Waals surface area contributed by atoms with Crippen molar-refractivity contribution in [3.63, 3.8) is 0 Å². The van der Waals surface area contributed by atoms with E-state index in [4.69, 9.17) is 14.0 Å². The van der Waals surface area contributed by atoms with Crippen LogP contribution in [-0.2, 0) is 30.0 Å². The quantitative estimate of drug-likeness (QED) is 0.237. The number of benzene rings is 1. The highest BCUT2D eigenvalue weighted by molar-refractivity contribution is 7.17. The molecule has 0 aliphatic heterocycles. The molecule has 0 spiro atoms. The molecule has 1 aliphatic carbocycles. The van der Waals surface area contributed by atoms with Crippen molar-refractivity contribution in [1.82, 2.24) is 5.32 Å². The fraction of sp³-hybridized carbons (Fsp3) is 0.667. The van der Waals surface area contributed by atoms with Gasteiger partial charge in [0.05, 0.1) is 13.0 Å². The molecule has 0 saturated heterocycles. The van der Waals surface area contributed by atoms with E-state index in [1.807, 2.05) is 37.3 Å². The Hall–Kier alpha value is -1.98. The summed E-state index contributed by atoms with van der Waals surface area (Å²) in [6.45, 7) is 2.71. The average molecular weight is 467 g/mol. The summed E-state index contributed by atoms with van der Waals surface area (Å²) in [5, 5.41) is 3.07. The summed E-state index contributed by atoms with van der Waals surface area (Å²) < 4.78 is 26.1. The molecule has 1 aliphatic rings. The molecule has 0 bridgehead atoms. The zero-order valence-corrected chi connectivity index (χ0v) is 20.2. The highest BCUT2D eigenvalue weighted by Crippen LogP contribution is 2.40. The van der Waals surface area contributed by atoms with Crippen molar-refractivity contribution >= 4 is 20.7 Å². The van der Waals surface area contributed by atoms with E-state index in [2.05, 4.69) is 5.32 Å². The molecule has 1 N–H and O–H groups in total. The number of ether oxygens (including phenoxy) is 2. The molecule has 0 heterocycles. The molecule has 8 heteroatoms. The van der Waals surface area contributed by atoms with Gasteiger partial charge in [-0.15, -0.1) is 4.52 Å². The van der Waals surface area contributed by atoms with Gasteiger partial charge >= 0.3 is 20.7 Å². The van der Waals surface area contributed by atoms with E-state index in [0.717, 1.165) is 56.9 Å². The van der Waals surface area contributed by atoms with Crippen LogP contribution in [0.2, 0.25) is 0 Å². The zero-order chi connectivity index (χ0) is 23.2. The molecule has 7 nitrogen and oxygen atoms in total. The first-order valence-electron chi connectivity index (χ1n) is 11.6. The van der Waals surface area contributed by atoms with Crippen molar-refractivity contribution in [2.45, 2.75) is 70.9 Å². The third-order valence-corrected chi connectivity index (χ3v) is 6.76. The fourth-order valence-corrected chi connectivity index (χ4v) is 5.08. The molecule has 1 aromatic rings. The summed E-state index contributed by atoms with van der Waals surface area (Å²) in [5.74, 6) is -0.0207. The van der Waals surface area contributed by atoms with Gasteiger partial charge in [0.2, 0.25) is 0 Å². The lowest BCUT2D eigenvalue weighted by atomic mass is 9.68. The Kier molecular flexibility index (Phi) is 12.3. The Morgan fingerprint density at radius 3 is 2.59 bits per heavy atom. The topological polar surface area (TPSA) is 90.9 Å². The Labute approximate surface area is 192 Å². The Balaban J connectivity index is 2.06. The lowest BCUT2D eigenvalue weighted by molar-refractivity contribution is -0.150. The second-order valence-corrected chi connectivity index (χ2v) is 8.85. The second kappa shape index (κ2) is 15.0. The van der Waals surface area contributed by atoms with Crippen LogP contribution in [0.25, 0.3) is 0 Å². The van der Waals surface area contributed by atoms with Crippen LogP contribution in [0.15, 0.2) is 30.3 Å². The molecule has 0 radical (unpaired) electrons. The van der Waals surface area contributed by atoms with Crippen molar-refractivity contribution in [3.8, 4) is 0 Å². The number of unbranched alkanes of at least 4 members (excludes halogenated alkanes) is 1. The average Bonchev–Trinajstić information content (AvgIpc) is 2.84. The smallest absolute Gasteiger partial charge is 0.469 e. The van der Waals surface area contributed by atoms with Gasteiger partial charge in [-0.2, -0.15) is 0 Å². The molecule has 0 aromatic heterocycles. The maximum absolute atomic E-state index is 12.6. The van der Waals surface area contributed by atoms with Crippen LogP contribution < -0.4 is 5.32 Å². The van der Waals surface area contributed by atoms with E-state index in [1.165, 1.54) is 7.11 Å². The number of carbonyl (C=O) groups excluding carboxylic acids is 2. The predicted octanol–water partition coefficient (Wildman–Crippen LogP) is 5.41. The summed E-state index contributed by atoms with van der Waals surface area (Å²) in [6, 6.07) is 9.48. The second-order valence-electron chi connectivity index (χ2n) is 8.39. The van der Waals surface area contributed by atoms with Crippen LogP contribution in [0.4, 0.5) is 4.79 Å². The van der Waals surface area contributed by atoms with Gasteiger partial charge < -0.3 is 14.8 Å². The van der Waals surface area contributed by atoms with E-state index in [0.29, 0.717) is 6.61 Å². The molecule has 1 fully saturated rings. The van der Waals surface area contributed by atoms with E-state index in [-0.39, 0.29) is 36.4 Å². The van der Waals surface area contributed by atoms with Gasteiger partial charge in [-0.1, -0.05) is 56.5 Å². The van der Waals surface area contributed by atoms with Gasteiger partial charge in [0.15, 0.2) is 0 Å². The summed E-state index contributed by atoms with van der Waals surface area (Å²) in [7, 11) is 0.700. The lowest BCUT2D eigenvalue weighted by Crippen LogP contribution is -2.46. The molecule has 2 rings (SSSR count). The van der Waals surface area contributed by atoms with Gasteiger partial charge in [0.1, 0.15) is 13.2 Å². The first kappa shape index (κ1) is 26.3. The van der Waals surface area contributed by atoms with Gasteiger partial charge in [-0.3, -0.25) is 4.79 Å². The molecular formula is C24H37NO6P+. The van der Waals surface area contributed by atoms with Crippen LogP contribution in [0.5, 0.6) is 0 Å². The summed E-state index contributed by atoms with van der Waals surface area (Å²) >= 11 is 0. The van der Waals surface area contributed by atoms with Gasteiger partial charge in [-0.25, -0.2) is 4.79 Å². The SMILES string of the molecule is CCC(NC(=O)OCc1ccccc1)C(CCCCO[PH+]=O)C1CCCCC1C(=O)OC. The number of rotatable bonds is 13. The molecule has 1 saturated carbocycles. The maximum Gasteiger partial charge on any atom is 0.494 e. The monoisotopic (exact) mass is 466 g/mol. The van der Waals surface area contributed by atoms with Crippen molar-refractivity contribution < 1.29 is 28.2 Å². The molecule has 1 aromatic carbocycles. The number of amides is 1. The fourth-order valence-electron chi connectivity index (χ4n) is 4.85. The number of esters is 1. The molecule has 5 atom stereocenters. The van der Waals surface area contributed by atoms with Crippen molar-refractivity contribution in [3.05, 3.63) is 35.9 Å². The van der Waals surface area contributed by atoms with Crippen molar-refractivity contribution in [2.24, 2.45) is 17.8 Å². The minimum atomic E-state index is -0.745. The van der Waals surface area contributed by atoms with Gasteiger partial charge in [-0.05, 0) is 54.1 Å². The Morgan fingerprint density at radius 2 is 1.91 bits per heavy atom. The highest BCUT2D eigenvalue weighted by atomic mass is 31.1. The number of methoxy groups -OCH3 is 1. The first-order valence-corrected chi connectivity index (χ1v) is 12.5. The zero-order valence-electron chi connectivity index (χ0n) is 19.2. The lowest BCUT2D eigenvalue weighted by Gasteiger charge is -2.39. The summed E-state index contributed by atoms with van der Waals surface area (Å²) in [5.41, 5.74) is 0.935. The van der Waals surface area contributed by atoms with E-state index in [1.54, 1.807) is 0 Å². The van der Waals surface area contributed by atoms with Crippen molar-refractivity contribution in [2.75, 3.05) is 13.7 Å². The summed E-state index contributed by atoms with van der Waals surface area (Å²) in [6.07, 6.45) is 6.67. The van der Waals surface area contributed by atoms with E-state index in [9.17, 15) is 14.2 Å². The maximum atomic E-state index is 12.6.